The van der Waals surface area contributed by atoms with Gasteiger partial charge in [-0.05, 0) is 0 Å². The predicted molar refractivity (Wildman–Crippen MR) is 58.1 cm³/mol. The van der Waals surface area contributed by atoms with Crippen LogP contribution in [0.25, 0.3) is 0 Å². The Hall–Kier alpha value is -2.64. The van der Waals surface area contributed by atoms with Crippen molar-refractivity contribution >= 4 is 0 Å². The van der Waals surface area contributed by atoms with Crippen LogP contribution in [0.1, 0.15) is 6.92 Å². The lowest BCUT2D eigenvalue weighted by Crippen LogP contribution is -2.32. The second-order valence-electron chi connectivity index (χ2n) is 3.47. The molecule has 2 rings (SSSR count). The average molecular weight is 256 g/mol. The molecular formula is C10H12N2O6. The minimum Gasteiger partial charge on any atom is -0.492 e. The van der Waals surface area contributed by atoms with Crippen molar-refractivity contribution in [1.82, 2.24) is 9.46 Å². The van der Waals surface area contributed by atoms with E-state index in [-0.39, 0.29) is 23.5 Å². The Labute approximate surface area is 101 Å². The van der Waals surface area contributed by atoms with E-state index in [0.717, 1.165) is 9.46 Å². The monoisotopic (exact) mass is 256 g/mol. The summed E-state index contributed by atoms with van der Waals surface area (Å²) in [6, 6.07) is 4.92. The van der Waals surface area contributed by atoms with Gasteiger partial charge in [-0.2, -0.15) is 0 Å². The van der Waals surface area contributed by atoms with Gasteiger partial charge in [-0.3, -0.25) is 0 Å². The van der Waals surface area contributed by atoms with Gasteiger partial charge in [0.25, 0.3) is 6.29 Å². The van der Waals surface area contributed by atoms with E-state index in [1.165, 1.54) is 31.2 Å². The molecule has 0 aliphatic heterocycles. The van der Waals surface area contributed by atoms with E-state index >= 15 is 0 Å². The van der Waals surface area contributed by atoms with Gasteiger partial charge in [0.05, 0.1) is 0 Å². The summed E-state index contributed by atoms with van der Waals surface area (Å²) in [6.45, 7) is 1.44. The highest BCUT2D eigenvalue weighted by Crippen LogP contribution is 2.21. The highest BCUT2D eigenvalue weighted by molar-refractivity contribution is 5.22. The van der Waals surface area contributed by atoms with Crippen molar-refractivity contribution in [2.45, 2.75) is 13.2 Å². The SMILES string of the molecule is CC(On1c(O)ccc1O)On1c(O)ccc1O. The highest BCUT2D eigenvalue weighted by Gasteiger charge is 2.15. The van der Waals surface area contributed by atoms with E-state index in [1.807, 2.05) is 0 Å². The minimum atomic E-state index is -1.00. The smallest absolute Gasteiger partial charge is 0.283 e. The van der Waals surface area contributed by atoms with Crippen LogP contribution in [0, 0.1) is 0 Å². The molecule has 4 N–H and O–H groups in total. The highest BCUT2D eigenvalue weighted by atomic mass is 16.8. The fourth-order valence-corrected chi connectivity index (χ4v) is 1.34. The van der Waals surface area contributed by atoms with Gasteiger partial charge in [0.2, 0.25) is 23.5 Å². The van der Waals surface area contributed by atoms with Crippen molar-refractivity contribution in [3.63, 3.8) is 0 Å². The molecule has 18 heavy (non-hydrogen) atoms. The Bertz CT molecular complexity index is 459. The van der Waals surface area contributed by atoms with Crippen LogP contribution in [0.2, 0.25) is 0 Å². The largest absolute Gasteiger partial charge is 0.492 e. The van der Waals surface area contributed by atoms with E-state index in [4.69, 9.17) is 9.68 Å². The number of hydrogen-bond donors (Lipinski definition) is 4. The Morgan fingerprint density at radius 2 is 1.06 bits per heavy atom. The number of nitrogens with zero attached hydrogens (tertiary/aromatic N) is 2. The standard InChI is InChI=1S/C10H12N2O6/c1-6(17-11-7(13)2-3-8(11)14)18-12-9(15)4-5-10(12)16/h2-6,13-16H,1H3. The van der Waals surface area contributed by atoms with Crippen molar-refractivity contribution in [3.05, 3.63) is 24.3 Å². The second-order valence-corrected chi connectivity index (χ2v) is 3.47. The lowest BCUT2D eigenvalue weighted by atomic mass is 10.6. The second kappa shape index (κ2) is 4.32. The Morgan fingerprint density at radius 1 is 0.778 bits per heavy atom. The molecule has 0 amide bonds. The van der Waals surface area contributed by atoms with Crippen LogP contribution in [-0.2, 0) is 0 Å². The maximum absolute atomic E-state index is 9.33. The van der Waals surface area contributed by atoms with Crippen LogP contribution in [0.4, 0.5) is 0 Å². The lowest BCUT2D eigenvalue weighted by Gasteiger charge is -2.17. The van der Waals surface area contributed by atoms with E-state index < -0.39 is 6.29 Å². The molecule has 0 saturated heterocycles. The van der Waals surface area contributed by atoms with Gasteiger partial charge in [0.15, 0.2) is 0 Å². The third-order valence-corrected chi connectivity index (χ3v) is 2.10. The average Bonchev–Trinajstić information content (AvgIpc) is 2.79. The minimum absolute atomic E-state index is 0.316. The normalized spacial score (nSPS) is 10.8. The molecule has 0 aromatic carbocycles. The molecule has 98 valence electrons. The summed E-state index contributed by atoms with van der Waals surface area (Å²) in [5.41, 5.74) is 0. The quantitative estimate of drug-likeness (QED) is 0.574. The predicted octanol–water partition coefficient (Wildman–Crippen LogP) is 0.0154. The van der Waals surface area contributed by atoms with Crippen LogP contribution in [0.15, 0.2) is 24.3 Å². The Kier molecular flexibility index (Phi) is 2.84. The van der Waals surface area contributed by atoms with Crippen molar-refractivity contribution in [3.8, 4) is 23.5 Å². The molecule has 0 saturated carbocycles. The molecule has 2 heterocycles. The van der Waals surface area contributed by atoms with E-state index in [2.05, 4.69) is 0 Å². The summed E-state index contributed by atoms with van der Waals surface area (Å²) in [5, 5.41) is 37.3. The third-order valence-electron chi connectivity index (χ3n) is 2.10. The molecular weight excluding hydrogens is 244 g/mol. The van der Waals surface area contributed by atoms with Gasteiger partial charge in [-0.15, -0.1) is 9.46 Å². The topological polar surface area (TPSA) is 109 Å². The van der Waals surface area contributed by atoms with Crippen molar-refractivity contribution in [1.29, 1.82) is 0 Å². The molecule has 0 spiro atoms. The molecule has 8 heteroatoms. The summed E-state index contributed by atoms with van der Waals surface area (Å²) in [5.74, 6) is -1.26. The summed E-state index contributed by atoms with van der Waals surface area (Å²) >= 11 is 0. The molecule has 0 fully saturated rings. The fraction of sp³-hybridized carbons (Fsp3) is 0.200. The molecule has 2 aromatic heterocycles. The zero-order valence-electron chi connectivity index (χ0n) is 9.39. The summed E-state index contributed by atoms with van der Waals surface area (Å²) in [4.78, 5) is 10.1. The molecule has 2 aromatic rings. The third kappa shape index (κ3) is 2.08. The van der Waals surface area contributed by atoms with E-state index in [0.29, 0.717) is 0 Å². The van der Waals surface area contributed by atoms with Crippen LogP contribution in [0.3, 0.4) is 0 Å². The van der Waals surface area contributed by atoms with Crippen LogP contribution >= 0.6 is 0 Å². The fourth-order valence-electron chi connectivity index (χ4n) is 1.34. The van der Waals surface area contributed by atoms with Gasteiger partial charge in [0.1, 0.15) is 0 Å². The molecule has 0 aliphatic carbocycles. The maximum Gasteiger partial charge on any atom is 0.283 e. The number of rotatable bonds is 4. The van der Waals surface area contributed by atoms with Crippen molar-refractivity contribution in [2.75, 3.05) is 0 Å². The maximum atomic E-state index is 9.33. The Morgan fingerprint density at radius 3 is 1.33 bits per heavy atom. The number of hydrogen-bond acceptors (Lipinski definition) is 6. The Balaban J connectivity index is 2.08. The lowest BCUT2D eigenvalue weighted by molar-refractivity contribution is -0.148. The van der Waals surface area contributed by atoms with Crippen LogP contribution in [0.5, 0.6) is 23.5 Å². The zero-order chi connectivity index (χ0) is 13.3. The molecule has 0 unspecified atom stereocenters. The first-order valence-corrected chi connectivity index (χ1v) is 5.02. The van der Waals surface area contributed by atoms with Crippen LogP contribution < -0.4 is 9.68 Å². The van der Waals surface area contributed by atoms with Gasteiger partial charge in [0, 0.05) is 31.2 Å². The number of aromatic nitrogens is 2. The summed E-state index contributed by atoms with van der Waals surface area (Å²) < 4.78 is 1.48. The van der Waals surface area contributed by atoms with Gasteiger partial charge < -0.3 is 30.1 Å². The molecule has 8 nitrogen and oxygen atoms in total. The first-order chi connectivity index (χ1) is 8.49. The van der Waals surface area contributed by atoms with E-state index in [1.54, 1.807) is 0 Å². The number of aromatic hydroxyl groups is 4. The van der Waals surface area contributed by atoms with Crippen molar-refractivity contribution < 1.29 is 30.1 Å². The van der Waals surface area contributed by atoms with Gasteiger partial charge in [-0.25, -0.2) is 0 Å². The molecule has 0 aliphatic rings. The van der Waals surface area contributed by atoms with Gasteiger partial charge >= 0.3 is 0 Å². The summed E-state index contributed by atoms with van der Waals surface area (Å²) in [7, 11) is 0. The van der Waals surface area contributed by atoms with Crippen molar-refractivity contribution in [2.24, 2.45) is 0 Å². The first-order valence-electron chi connectivity index (χ1n) is 5.02. The van der Waals surface area contributed by atoms with E-state index in [9.17, 15) is 20.4 Å². The first kappa shape index (κ1) is 11.8. The molecule has 0 bridgehead atoms. The van der Waals surface area contributed by atoms with Gasteiger partial charge in [-0.1, -0.05) is 0 Å². The summed E-state index contributed by atoms with van der Waals surface area (Å²) in [6.07, 6.45) is -1.00. The molecule has 0 atom stereocenters. The zero-order valence-corrected chi connectivity index (χ0v) is 9.39. The van der Waals surface area contributed by atoms with Crippen LogP contribution in [-0.4, -0.2) is 36.2 Å². The molecule has 0 radical (unpaired) electrons.